The minimum Gasteiger partial charge on any atom is -0.361 e. The van der Waals surface area contributed by atoms with Gasteiger partial charge in [-0.1, -0.05) is 12.7 Å². The van der Waals surface area contributed by atoms with E-state index in [1.807, 2.05) is 6.07 Å². The van der Waals surface area contributed by atoms with Crippen molar-refractivity contribution in [2.75, 3.05) is 0 Å². The zero-order valence-corrected chi connectivity index (χ0v) is 6.47. The predicted octanol–water partition coefficient (Wildman–Crippen LogP) is 2.95. The molecule has 1 heterocycles. The van der Waals surface area contributed by atoms with E-state index in [1.165, 1.54) is 12.1 Å². The Labute approximate surface area is 69.5 Å². The summed E-state index contributed by atoms with van der Waals surface area (Å²) in [6.45, 7) is 3.53. The Bertz CT molecular complexity index is 428. The van der Waals surface area contributed by atoms with Crippen LogP contribution in [0.15, 0.2) is 31.0 Å². The van der Waals surface area contributed by atoms with Crippen LogP contribution in [-0.4, -0.2) is 4.98 Å². The van der Waals surface area contributed by atoms with E-state index >= 15 is 0 Å². The van der Waals surface area contributed by atoms with Crippen molar-refractivity contribution >= 4 is 17.0 Å². The van der Waals surface area contributed by atoms with E-state index in [9.17, 15) is 4.39 Å². The molecule has 0 aliphatic carbocycles. The van der Waals surface area contributed by atoms with Crippen LogP contribution in [0.25, 0.3) is 17.0 Å². The molecule has 0 radical (unpaired) electrons. The van der Waals surface area contributed by atoms with E-state index < -0.39 is 0 Å². The summed E-state index contributed by atoms with van der Waals surface area (Å²) < 4.78 is 13.1. The molecule has 0 unspecified atom stereocenters. The van der Waals surface area contributed by atoms with Gasteiger partial charge in [0.1, 0.15) is 5.82 Å². The van der Waals surface area contributed by atoms with Crippen molar-refractivity contribution in [1.82, 2.24) is 4.98 Å². The highest BCUT2D eigenvalue weighted by atomic mass is 19.1. The van der Waals surface area contributed by atoms with Crippen molar-refractivity contribution in [2.45, 2.75) is 0 Å². The van der Waals surface area contributed by atoms with E-state index in [2.05, 4.69) is 11.6 Å². The van der Waals surface area contributed by atoms with Crippen LogP contribution in [0, 0.1) is 5.82 Å². The highest BCUT2D eigenvalue weighted by Crippen LogP contribution is 2.18. The number of aromatic amines is 1. The quantitative estimate of drug-likeness (QED) is 0.661. The SMILES string of the molecule is C=Cc1cc2cc[nH]c2cc1F. The van der Waals surface area contributed by atoms with Crippen LogP contribution in [0.4, 0.5) is 4.39 Å². The lowest BCUT2D eigenvalue weighted by Crippen LogP contribution is -1.80. The van der Waals surface area contributed by atoms with Gasteiger partial charge in [0.05, 0.1) is 0 Å². The van der Waals surface area contributed by atoms with Crippen LogP contribution in [0.3, 0.4) is 0 Å². The molecule has 0 aliphatic heterocycles. The smallest absolute Gasteiger partial charge is 0.132 e. The molecule has 0 fully saturated rings. The molecule has 2 heteroatoms. The first kappa shape index (κ1) is 7.10. The van der Waals surface area contributed by atoms with Gasteiger partial charge in [-0.2, -0.15) is 0 Å². The molecule has 0 atom stereocenters. The van der Waals surface area contributed by atoms with Gasteiger partial charge in [0.25, 0.3) is 0 Å². The minimum absolute atomic E-state index is 0.236. The molecular formula is C10H8FN. The maximum absolute atomic E-state index is 13.1. The summed E-state index contributed by atoms with van der Waals surface area (Å²) >= 11 is 0. The van der Waals surface area contributed by atoms with E-state index in [-0.39, 0.29) is 5.82 Å². The molecule has 12 heavy (non-hydrogen) atoms. The van der Waals surface area contributed by atoms with Gasteiger partial charge in [-0.05, 0) is 18.2 Å². The lowest BCUT2D eigenvalue weighted by Gasteiger charge is -1.96. The molecule has 1 aromatic heterocycles. The molecule has 1 aromatic carbocycles. The van der Waals surface area contributed by atoms with Crippen LogP contribution >= 0.6 is 0 Å². The molecule has 0 aliphatic rings. The number of halogens is 1. The maximum Gasteiger partial charge on any atom is 0.132 e. The van der Waals surface area contributed by atoms with Gasteiger partial charge in [0.2, 0.25) is 0 Å². The topological polar surface area (TPSA) is 15.8 Å². The van der Waals surface area contributed by atoms with E-state index in [1.54, 1.807) is 12.3 Å². The summed E-state index contributed by atoms with van der Waals surface area (Å²) in [5, 5.41) is 1.01. The lowest BCUT2D eigenvalue weighted by atomic mass is 10.1. The number of aromatic nitrogens is 1. The third kappa shape index (κ3) is 0.925. The van der Waals surface area contributed by atoms with Gasteiger partial charge >= 0.3 is 0 Å². The Kier molecular flexibility index (Phi) is 1.47. The summed E-state index contributed by atoms with van der Waals surface area (Å²) in [6.07, 6.45) is 3.30. The number of H-pyrrole nitrogens is 1. The fourth-order valence-corrected chi connectivity index (χ4v) is 1.25. The van der Waals surface area contributed by atoms with Crippen molar-refractivity contribution in [3.8, 4) is 0 Å². The third-order valence-electron chi connectivity index (χ3n) is 1.89. The zero-order chi connectivity index (χ0) is 8.55. The summed E-state index contributed by atoms with van der Waals surface area (Å²) in [6, 6.07) is 5.16. The first-order valence-corrected chi connectivity index (χ1v) is 3.70. The van der Waals surface area contributed by atoms with Gasteiger partial charge < -0.3 is 4.98 Å². The molecule has 0 saturated heterocycles. The molecule has 1 nitrogen and oxygen atoms in total. The van der Waals surface area contributed by atoms with Gasteiger partial charge in [0.15, 0.2) is 0 Å². The second-order valence-corrected chi connectivity index (χ2v) is 2.64. The fourth-order valence-electron chi connectivity index (χ4n) is 1.25. The largest absolute Gasteiger partial charge is 0.361 e. The highest BCUT2D eigenvalue weighted by Gasteiger charge is 2.01. The first-order valence-electron chi connectivity index (χ1n) is 3.70. The van der Waals surface area contributed by atoms with Crippen molar-refractivity contribution < 1.29 is 4.39 Å². The fraction of sp³-hybridized carbons (Fsp3) is 0. The molecule has 0 saturated carbocycles. The van der Waals surface area contributed by atoms with Crippen LogP contribution in [-0.2, 0) is 0 Å². The van der Waals surface area contributed by atoms with Gasteiger partial charge in [-0.25, -0.2) is 4.39 Å². The van der Waals surface area contributed by atoms with E-state index in [0.29, 0.717) is 5.56 Å². The molecular weight excluding hydrogens is 153 g/mol. The average molecular weight is 161 g/mol. The monoisotopic (exact) mass is 161 g/mol. The summed E-state index contributed by atoms with van der Waals surface area (Å²) in [5.41, 5.74) is 1.36. The first-order chi connectivity index (χ1) is 5.81. The van der Waals surface area contributed by atoms with Crippen molar-refractivity contribution in [3.63, 3.8) is 0 Å². The van der Waals surface area contributed by atoms with Crippen molar-refractivity contribution in [2.24, 2.45) is 0 Å². The molecule has 0 amide bonds. The van der Waals surface area contributed by atoms with Crippen LogP contribution in [0.1, 0.15) is 5.56 Å². The Hall–Kier alpha value is -1.57. The number of rotatable bonds is 1. The summed E-state index contributed by atoms with van der Waals surface area (Å²) in [5.74, 6) is -0.236. The van der Waals surface area contributed by atoms with Gasteiger partial charge in [-0.15, -0.1) is 0 Å². The molecule has 0 spiro atoms. The molecule has 1 N–H and O–H groups in total. The number of benzene rings is 1. The number of hydrogen-bond donors (Lipinski definition) is 1. The molecule has 60 valence electrons. The Morgan fingerprint density at radius 1 is 1.42 bits per heavy atom. The second-order valence-electron chi connectivity index (χ2n) is 2.64. The normalized spacial score (nSPS) is 10.4. The van der Waals surface area contributed by atoms with Gasteiger partial charge in [0, 0.05) is 22.7 Å². The highest BCUT2D eigenvalue weighted by molar-refractivity contribution is 5.82. The standard InChI is InChI=1S/C10H8FN/c1-2-7-5-8-3-4-12-10(8)6-9(7)11/h2-6,12H,1H2. The van der Waals surface area contributed by atoms with Crippen molar-refractivity contribution in [3.05, 3.63) is 42.4 Å². The second kappa shape index (κ2) is 2.48. The average Bonchev–Trinajstić information content (AvgIpc) is 2.49. The molecule has 0 bridgehead atoms. The Morgan fingerprint density at radius 3 is 3.00 bits per heavy atom. The maximum atomic E-state index is 13.1. The van der Waals surface area contributed by atoms with E-state index in [0.717, 1.165) is 10.9 Å². The van der Waals surface area contributed by atoms with Crippen LogP contribution < -0.4 is 0 Å². The van der Waals surface area contributed by atoms with Gasteiger partial charge in [-0.3, -0.25) is 0 Å². The summed E-state index contributed by atoms with van der Waals surface area (Å²) in [4.78, 5) is 2.94. The number of hydrogen-bond acceptors (Lipinski definition) is 0. The lowest BCUT2D eigenvalue weighted by molar-refractivity contribution is 0.627. The Balaban J connectivity index is 2.81. The zero-order valence-electron chi connectivity index (χ0n) is 6.47. The summed E-state index contributed by atoms with van der Waals surface area (Å²) in [7, 11) is 0. The van der Waals surface area contributed by atoms with Crippen LogP contribution in [0.5, 0.6) is 0 Å². The Morgan fingerprint density at radius 2 is 2.25 bits per heavy atom. The number of fused-ring (bicyclic) bond motifs is 1. The predicted molar refractivity (Wildman–Crippen MR) is 48.3 cm³/mol. The van der Waals surface area contributed by atoms with Crippen molar-refractivity contribution in [1.29, 1.82) is 0 Å². The molecule has 2 aromatic rings. The third-order valence-corrected chi connectivity index (χ3v) is 1.89. The molecule has 2 rings (SSSR count). The minimum atomic E-state index is -0.236. The van der Waals surface area contributed by atoms with Crippen LogP contribution in [0.2, 0.25) is 0 Å². The number of nitrogens with one attached hydrogen (secondary N) is 1. The van der Waals surface area contributed by atoms with E-state index in [4.69, 9.17) is 0 Å².